The zero-order valence-electron chi connectivity index (χ0n) is 15.0. The smallest absolute Gasteiger partial charge is 0.250 e. The van der Waals surface area contributed by atoms with Crippen molar-refractivity contribution in [2.24, 2.45) is 5.10 Å². The van der Waals surface area contributed by atoms with Gasteiger partial charge in [-0.25, -0.2) is 5.43 Å². The van der Waals surface area contributed by atoms with Crippen molar-refractivity contribution in [3.8, 4) is 0 Å². The summed E-state index contributed by atoms with van der Waals surface area (Å²) in [6, 6.07) is 15.6. The van der Waals surface area contributed by atoms with Crippen LogP contribution in [0.2, 0.25) is 5.02 Å². The highest BCUT2D eigenvalue weighted by molar-refractivity contribution is 8.03. The highest BCUT2D eigenvalue weighted by Crippen LogP contribution is 2.30. The molecule has 2 aromatic carbocycles. The van der Waals surface area contributed by atoms with Crippen LogP contribution in [-0.2, 0) is 10.5 Å². The third-order valence-corrected chi connectivity index (χ3v) is 6.98. The summed E-state index contributed by atoms with van der Waals surface area (Å²) in [6.07, 6.45) is 1.57. The van der Waals surface area contributed by atoms with Crippen LogP contribution in [0.1, 0.15) is 16.7 Å². The first-order chi connectivity index (χ1) is 13.6. The number of carbonyl (C=O) groups is 1. The van der Waals surface area contributed by atoms with E-state index in [0.717, 1.165) is 20.0 Å². The van der Waals surface area contributed by atoms with Gasteiger partial charge in [0, 0.05) is 10.8 Å². The fourth-order valence-electron chi connectivity index (χ4n) is 2.03. The quantitative estimate of drug-likeness (QED) is 0.297. The van der Waals surface area contributed by atoms with Crippen LogP contribution in [0.5, 0.6) is 0 Å². The van der Waals surface area contributed by atoms with Gasteiger partial charge in [-0.05, 0) is 30.2 Å². The normalized spacial score (nSPS) is 11.1. The number of aromatic nitrogens is 2. The van der Waals surface area contributed by atoms with Gasteiger partial charge >= 0.3 is 0 Å². The van der Waals surface area contributed by atoms with Gasteiger partial charge in [-0.1, -0.05) is 88.4 Å². The van der Waals surface area contributed by atoms with E-state index < -0.39 is 0 Å². The molecule has 5 nitrogen and oxygen atoms in total. The van der Waals surface area contributed by atoms with Crippen molar-refractivity contribution in [1.29, 1.82) is 0 Å². The van der Waals surface area contributed by atoms with Crippen molar-refractivity contribution < 1.29 is 4.79 Å². The number of thioether (sulfide) groups is 2. The average Bonchev–Trinajstić information content (AvgIpc) is 3.15. The van der Waals surface area contributed by atoms with Gasteiger partial charge in [0.2, 0.25) is 0 Å². The topological polar surface area (TPSA) is 67.2 Å². The summed E-state index contributed by atoms with van der Waals surface area (Å²) in [4.78, 5) is 11.9. The number of benzene rings is 2. The van der Waals surface area contributed by atoms with E-state index in [4.69, 9.17) is 11.6 Å². The molecule has 0 radical (unpaired) electrons. The molecule has 9 heteroatoms. The van der Waals surface area contributed by atoms with Gasteiger partial charge in [0.15, 0.2) is 8.68 Å². The Hall–Kier alpha value is -1.87. The van der Waals surface area contributed by atoms with E-state index in [1.54, 1.807) is 30.1 Å². The molecule has 144 valence electrons. The van der Waals surface area contributed by atoms with Crippen LogP contribution in [0.25, 0.3) is 0 Å². The lowest BCUT2D eigenvalue weighted by Crippen LogP contribution is -2.19. The molecule has 0 saturated heterocycles. The van der Waals surface area contributed by atoms with Crippen LogP contribution < -0.4 is 5.43 Å². The van der Waals surface area contributed by atoms with Crippen molar-refractivity contribution in [3.63, 3.8) is 0 Å². The monoisotopic (exact) mass is 448 g/mol. The number of hydrogen-bond acceptors (Lipinski definition) is 7. The van der Waals surface area contributed by atoms with Crippen LogP contribution in [0.4, 0.5) is 0 Å². The van der Waals surface area contributed by atoms with E-state index in [0.29, 0.717) is 5.02 Å². The molecular weight excluding hydrogens is 432 g/mol. The van der Waals surface area contributed by atoms with Gasteiger partial charge in [0.1, 0.15) is 0 Å². The van der Waals surface area contributed by atoms with Gasteiger partial charge in [0.25, 0.3) is 5.91 Å². The van der Waals surface area contributed by atoms with E-state index in [9.17, 15) is 4.79 Å². The minimum atomic E-state index is -0.195. The molecular formula is C19H17ClN4OS3. The molecule has 0 spiro atoms. The molecule has 28 heavy (non-hydrogen) atoms. The number of carbonyl (C=O) groups excluding carboxylic acids is 1. The van der Waals surface area contributed by atoms with Crippen molar-refractivity contribution in [3.05, 3.63) is 70.2 Å². The van der Waals surface area contributed by atoms with Crippen LogP contribution in [0, 0.1) is 6.92 Å². The Morgan fingerprint density at radius 3 is 2.50 bits per heavy atom. The lowest BCUT2D eigenvalue weighted by molar-refractivity contribution is -0.118. The average molecular weight is 449 g/mol. The molecule has 3 rings (SSSR count). The maximum Gasteiger partial charge on any atom is 0.250 e. The second kappa shape index (κ2) is 10.6. The summed E-state index contributed by atoms with van der Waals surface area (Å²) in [5.41, 5.74) is 5.86. The molecule has 0 unspecified atom stereocenters. The highest BCUT2D eigenvalue weighted by atomic mass is 35.5. The first-order valence-electron chi connectivity index (χ1n) is 8.30. The number of rotatable bonds is 8. The number of amides is 1. The van der Waals surface area contributed by atoms with E-state index in [1.807, 2.05) is 12.1 Å². The molecule has 0 atom stereocenters. The first kappa shape index (κ1) is 20.9. The Labute approximate surface area is 181 Å². The van der Waals surface area contributed by atoms with Crippen molar-refractivity contribution in [2.75, 3.05) is 5.75 Å². The third-order valence-electron chi connectivity index (χ3n) is 3.47. The summed E-state index contributed by atoms with van der Waals surface area (Å²) < 4.78 is 1.66. The minimum absolute atomic E-state index is 0.195. The fourth-order valence-corrected chi connectivity index (χ4v) is 4.92. The predicted octanol–water partition coefficient (Wildman–Crippen LogP) is 5.03. The van der Waals surface area contributed by atoms with Crippen molar-refractivity contribution in [1.82, 2.24) is 15.6 Å². The van der Waals surface area contributed by atoms with Gasteiger partial charge in [-0.2, -0.15) is 5.10 Å². The Bertz CT molecular complexity index is 943. The van der Waals surface area contributed by atoms with Gasteiger partial charge in [0.05, 0.1) is 12.0 Å². The summed E-state index contributed by atoms with van der Waals surface area (Å²) in [7, 11) is 0. The standard InChI is InChI=1S/C19H17ClN4OS3/c1-13-2-4-15(5-3-13)11-26-18-23-24-19(28-18)27-12-17(25)22-21-10-14-6-8-16(20)9-7-14/h2-10H,11-12H2,1H3,(H,22,25). The molecule has 1 aromatic heterocycles. The maximum atomic E-state index is 11.9. The number of nitrogens with zero attached hydrogens (tertiary/aromatic N) is 3. The van der Waals surface area contributed by atoms with E-state index in [1.165, 1.54) is 34.2 Å². The number of hydrogen-bond donors (Lipinski definition) is 1. The van der Waals surface area contributed by atoms with Crippen LogP contribution in [0.3, 0.4) is 0 Å². The molecule has 0 fully saturated rings. The van der Waals surface area contributed by atoms with Gasteiger partial charge in [-0.3, -0.25) is 4.79 Å². The Morgan fingerprint density at radius 2 is 1.79 bits per heavy atom. The number of aryl methyl sites for hydroxylation is 1. The van der Waals surface area contributed by atoms with Crippen molar-refractivity contribution in [2.45, 2.75) is 21.4 Å². The Balaban J connectivity index is 1.40. The predicted molar refractivity (Wildman–Crippen MR) is 119 cm³/mol. The molecule has 0 aliphatic carbocycles. The Kier molecular flexibility index (Phi) is 7.90. The molecule has 1 heterocycles. The third kappa shape index (κ3) is 6.94. The molecule has 1 amide bonds. The number of halogens is 1. The summed E-state index contributed by atoms with van der Waals surface area (Å²) >= 11 is 10.3. The van der Waals surface area contributed by atoms with E-state index in [2.05, 4.69) is 51.9 Å². The van der Waals surface area contributed by atoms with E-state index >= 15 is 0 Å². The van der Waals surface area contributed by atoms with Crippen LogP contribution in [0.15, 0.2) is 62.3 Å². The molecule has 3 aromatic rings. The molecule has 0 saturated carbocycles. The summed E-state index contributed by atoms with van der Waals surface area (Å²) in [5.74, 6) is 0.883. The molecule has 0 bridgehead atoms. The molecule has 0 aliphatic rings. The first-order valence-corrected chi connectivity index (χ1v) is 11.5. The van der Waals surface area contributed by atoms with Crippen LogP contribution >= 0.6 is 46.5 Å². The lowest BCUT2D eigenvalue weighted by Gasteiger charge is -1.99. The van der Waals surface area contributed by atoms with Gasteiger partial charge in [-0.15, -0.1) is 10.2 Å². The van der Waals surface area contributed by atoms with Gasteiger partial charge < -0.3 is 0 Å². The molecule has 0 aliphatic heterocycles. The minimum Gasteiger partial charge on any atom is -0.272 e. The fraction of sp³-hybridized carbons (Fsp3) is 0.158. The molecule has 1 N–H and O–H groups in total. The lowest BCUT2D eigenvalue weighted by atomic mass is 10.2. The SMILES string of the molecule is Cc1ccc(CSc2nnc(SCC(=O)NN=Cc3ccc(Cl)cc3)s2)cc1. The zero-order valence-corrected chi connectivity index (χ0v) is 18.2. The maximum absolute atomic E-state index is 11.9. The summed E-state index contributed by atoms with van der Waals surface area (Å²) in [5, 5.41) is 12.9. The number of hydrazone groups is 1. The largest absolute Gasteiger partial charge is 0.272 e. The second-order valence-corrected chi connectivity index (χ2v) is 9.60. The van der Waals surface area contributed by atoms with E-state index in [-0.39, 0.29) is 11.7 Å². The number of nitrogens with one attached hydrogen (secondary N) is 1. The second-order valence-electron chi connectivity index (χ2n) is 5.74. The summed E-state index contributed by atoms with van der Waals surface area (Å²) in [6.45, 7) is 2.07. The highest BCUT2D eigenvalue weighted by Gasteiger charge is 2.08. The van der Waals surface area contributed by atoms with Crippen LogP contribution in [-0.4, -0.2) is 28.1 Å². The zero-order chi connectivity index (χ0) is 19.8. The Morgan fingerprint density at radius 1 is 1.11 bits per heavy atom. The van der Waals surface area contributed by atoms with Crippen molar-refractivity contribution >= 4 is 58.6 Å².